The second-order valence-electron chi connectivity index (χ2n) is 3.70. The van der Waals surface area contributed by atoms with Crippen molar-refractivity contribution in [3.63, 3.8) is 0 Å². The fourth-order valence-corrected chi connectivity index (χ4v) is 2.02. The Kier molecular flexibility index (Phi) is 4.91. The quantitative estimate of drug-likeness (QED) is 0.802. The molecule has 100 valence electrons. The smallest absolute Gasteiger partial charge is 0.269 e. The van der Waals surface area contributed by atoms with Gasteiger partial charge in [-0.2, -0.15) is 11.8 Å². The van der Waals surface area contributed by atoms with E-state index in [1.165, 1.54) is 0 Å². The Labute approximate surface area is 115 Å². The van der Waals surface area contributed by atoms with Gasteiger partial charge in [0, 0.05) is 12.3 Å². The molecule has 0 aliphatic carbocycles. The van der Waals surface area contributed by atoms with E-state index in [2.05, 4.69) is 27.4 Å². The van der Waals surface area contributed by atoms with Crippen LogP contribution in [0.4, 0.5) is 0 Å². The van der Waals surface area contributed by atoms with Crippen LogP contribution in [0.15, 0.2) is 30.9 Å². The van der Waals surface area contributed by atoms with Gasteiger partial charge < -0.3 is 5.32 Å². The third kappa shape index (κ3) is 3.78. The van der Waals surface area contributed by atoms with Crippen molar-refractivity contribution in [1.82, 2.24) is 25.1 Å². The van der Waals surface area contributed by atoms with Crippen LogP contribution in [0.2, 0.25) is 0 Å². The van der Waals surface area contributed by atoms with Gasteiger partial charge in [0.2, 0.25) is 0 Å². The summed E-state index contributed by atoms with van der Waals surface area (Å²) < 4.78 is 1.66. The van der Waals surface area contributed by atoms with Crippen LogP contribution >= 0.6 is 11.8 Å². The van der Waals surface area contributed by atoms with Gasteiger partial charge >= 0.3 is 0 Å². The number of carbonyl (C=O) groups excluding carboxylic acids is 1. The van der Waals surface area contributed by atoms with Gasteiger partial charge in [-0.15, -0.1) is 10.2 Å². The molecular formula is C12H15N5OS. The number of nitrogens with zero attached hydrogens (tertiary/aromatic N) is 4. The average molecular weight is 277 g/mol. The molecule has 7 heteroatoms. The van der Waals surface area contributed by atoms with Crippen LogP contribution in [0, 0.1) is 0 Å². The van der Waals surface area contributed by atoms with Gasteiger partial charge in [0.05, 0.1) is 0 Å². The van der Waals surface area contributed by atoms with Crippen molar-refractivity contribution in [2.45, 2.75) is 6.92 Å². The zero-order chi connectivity index (χ0) is 13.5. The summed E-state index contributed by atoms with van der Waals surface area (Å²) in [5.74, 6) is 2.43. The Morgan fingerprint density at radius 2 is 2.16 bits per heavy atom. The van der Waals surface area contributed by atoms with Gasteiger partial charge in [-0.25, -0.2) is 4.98 Å². The number of hydrogen-bond acceptors (Lipinski definition) is 5. The number of rotatable bonds is 6. The minimum Gasteiger partial charge on any atom is -0.350 e. The largest absolute Gasteiger partial charge is 0.350 e. The van der Waals surface area contributed by atoms with E-state index >= 15 is 0 Å². The lowest BCUT2D eigenvalue weighted by molar-refractivity contribution is 0.0951. The molecule has 0 saturated carbocycles. The summed E-state index contributed by atoms with van der Waals surface area (Å²) in [6, 6.07) is 5.28. The second-order valence-corrected chi connectivity index (χ2v) is 5.10. The van der Waals surface area contributed by atoms with E-state index in [-0.39, 0.29) is 5.91 Å². The van der Waals surface area contributed by atoms with Gasteiger partial charge in [-0.3, -0.25) is 9.36 Å². The van der Waals surface area contributed by atoms with Crippen molar-refractivity contribution >= 4 is 17.7 Å². The maximum absolute atomic E-state index is 11.9. The lowest BCUT2D eigenvalue weighted by Gasteiger charge is -2.05. The molecule has 2 heterocycles. The second kappa shape index (κ2) is 6.89. The minimum absolute atomic E-state index is 0.161. The molecule has 6 nitrogen and oxygen atoms in total. The fraction of sp³-hybridized carbons (Fsp3) is 0.333. The number of amides is 1. The predicted molar refractivity (Wildman–Crippen MR) is 74.5 cm³/mol. The topological polar surface area (TPSA) is 72.7 Å². The van der Waals surface area contributed by atoms with Crippen molar-refractivity contribution in [2.24, 2.45) is 0 Å². The zero-order valence-electron chi connectivity index (χ0n) is 10.6. The van der Waals surface area contributed by atoms with Crippen molar-refractivity contribution in [2.75, 3.05) is 18.1 Å². The Morgan fingerprint density at radius 3 is 2.89 bits per heavy atom. The molecule has 1 N–H and O–H groups in total. The molecule has 1 amide bonds. The zero-order valence-corrected chi connectivity index (χ0v) is 11.4. The van der Waals surface area contributed by atoms with Crippen molar-refractivity contribution in [3.8, 4) is 5.82 Å². The van der Waals surface area contributed by atoms with Gasteiger partial charge in [-0.1, -0.05) is 13.0 Å². The fourth-order valence-electron chi connectivity index (χ4n) is 1.48. The number of carbonyl (C=O) groups is 1. The van der Waals surface area contributed by atoms with Crippen molar-refractivity contribution in [3.05, 3.63) is 36.5 Å². The van der Waals surface area contributed by atoms with Crippen LogP contribution in [0.25, 0.3) is 5.82 Å². The van der Waals surface area contributed by atoms with E-state index in [1.807, 2.05) is 0 Å². The maximum atomic E-state index is 11.9. The lowest BCUT2D eigenvalue weighted by atomic mass is 10.3. The van der Waals surface area contributed by atoms with E-state index in [9.17, 15) is 4.79 Å². The molecule has 0 bridgehead atoms. The summed E-state index contributed by atoms with van der Waals surface area (Å²) in [5, 5.41) is 10.3. The van der Waals surface area contributed by atoms with E-state index in [4.69, 9.17) is 0 Å². The van der Waals surface area contributed by atoms with Crippen molar-refractivity contribution in [1.29, 1.82) is 0 Å². The van der Waals surface area contributed by atoms with E-state index in [0.717, 1.165) is 11.5 Å². The molecule has 0 saturated heterocycles. The van der Waals surface area contributed by atoms with Gasteiger partial charge in [0.1, 0.15) is 24.2 Å². The molecule has 0 aliphatic heterocycles. The van der Waals surface area contributed by atoms with Gasteiger partial charge in [0.25, 0.3) is 5.91 Å². The minimum atomic E-state index is -0.161. The summed E-state index contributed by atoms with van der Waals surface area (Å²) >= 11 is 1.79. The van der Waals surface area contributed by atoms with Crippen LogP contribution in [-0.4, -0.2) is 43.7 Å². The SMILES string of the molecule is CCSCCNC(=O)c1cccc(-n2cnnc2)n1. The molecule has 2 rings (SSSR count). The first-order chi connectivity index (χ1) is 9.31. The predicted octanol–water partition coefficient (Wildman–Crippen LogP) is 1.15. The standard InChI is InChI=1S/C12H15N5OS/c1-2-19-7-6-13-12(18)10-4-3-5-11(16-10)17-8-14-15-9-17/h3-5,8-9H,2,6-7H2,1H3,(H,13,18). The summed E-state index contributed by atoms with van der Waals surface area (Å²) in [4.78, 5) is 16.2. The third-order valence-corrected chi connectivity index (χ3v) is 3.29. The van der Waals surface area contributed by atoms with E-state index in [1.54, 1.807) is 47.2 Å². The lowest BCUT2D eigenvalue weighted by Crippen LogP contribution is -2.26. The summed E-state index contributed by atoms with van der Waals surface area (Å²) in [6.45, 7) is 2.74. The Balaban J connectivity index is 2.00. The highest BCUT2D eigenvalue weighted by atomic mass is 32.2. The molecule has 0 spiro atoms. The monoisotopic (exact) mass is 277 g/mol. The van der Waals surface area contributed by atoms with E-state index in [0.29, 0.717) is 18.1 Å². The number of pyridine rings is 1. The molecule has 19 heavy (non-hydrogen) atoms. The van der Waals surface area contributed by atoms with Crippen molar-refractivity contribution < 1.29 is 4.79 Å². The van der Waals surface area contributed by atoms with Crippen LogP contribution in [0.3, 0.4) is 0 Å². The van der Waals surface area contributed by atoms with E-state index < -0.39 is 0 Å². The number of aromatic nitrogens is 4. The Bertz CT molecular complexity index is 529. The van der Waals surface area contributed by atoms with Gasteiger partial charge in [-0.05, 0) is 17.9 Å². The van der Waals surface area contributed by atoms with Gasteiger partial charge in [0.15, 0.2) is 0 Å². The number of hydrogen-bond donors (Lipinski definition) is 1. The highest BCUT2D eigenvalue weighted by Gasteiger charge is 2.08. The molecule has 2 aromatic rings. The molecule has 0 aromatic carbocycles. The summed E-state index contributed by atoms with van der Waals surface area (Å²) in [7, 11) is 0. The summed E-state index contributed by atoms with van der Waals surface area (Å²) in [5.41, 5.74) is 0.396. The average Bonchev–Trinajstić information content (AvgIpc) is 2.98. The highest BCUT2D eigenvalue weighted by Crippen LogP contribution is 2.04. The van der Waals surface area contributed by atoms with Crippen LogP contribution in [0.5, 0.6) is 0 Å². The number of thioether (sulfide) groups is 1. The molecule has 0 atom stereocenters. The molecule has 0 fully saturated rings. The van der Waals surface area contributed by atoms with Crippen LogP contribution in [0.1, 0.15) is 17.4 Å². The first kappa shape index (κ1) is 13.5. The highest BCUT2D eigenvalue weighted by molar-refractivity contribution is 7.99. The molecular weight excluding hydrogens is 262 g/mol. The molecule has 0 unspecified atom stereocenters. The summed E-state index contributed by atoms with van der Waals surface area (Å²) in [6.07, 6.45) is 3.09. The Morgan fingerprint density at radius 1 is 1.37 bits per heavy atom. The maximum Gasteiger partial charge on any atom is 0.269 e. The number of nitrogens with one attached hydrogen (secondary N) is 1. The molecule has 0 radical (unpaired) electrons. The normalized spacial score (nSPS) is 10.4. The third-order valence-electron chi connectivity index (χ3n) is 2.39. The van der Waals surface area contributed by atoms with Crippen LogP contribution in [-0.2, 0) is 0 Å². The molecule has 0 aliphatic rings. The Hall–Kier alpha value is -1.89. The first-order valence-electron chi connectivity index (χ1n) is 5.99. The van der Waals surface area contributed by atoms with Crippen LogP contribution < -0.4 is 5.32 Å². The first-order valence-corrected chi connectivity index (χ1v) is 7.14. The molecule has 2 aromatic heterocycles.